The minimum atomic E-state index is -3.46. The van der Waals surface area contributed by atoms with Crippen LogP contribution in [0.25, 0.3) is 0 Å². The first-order valence-electron chi connectivity index (χ1n) is 7.13. The van der Waals surface area contributed by atoms with Crippen LogP contribution in [0.3, 0.4) is 0 Å². The summed E-state index contributed by atoms with van der Waals surface area (Å²) in [5, 5.41) is 6.68. The maximum atomic E-state index is 12.0. The normalized spacial score (nSPS) is 21.0. The minimum absolute atomic E-state index is 0.136. The Balaban J connectivity index is 2.05. The van der Waals surface area contributed by atoms with Crippen LogP contribution in [-0.4, -0.2) is 47.3 Å². The van der Waals surface area contributed by atoms with Gasteiger partial charge in [-0.1, -0.05) is 12.1 Å². The molecule has 3 N–H and O–H groups in total. The Kier molecular flexibility index (Phi) is 5.58. The molecule has 1 saturated heterocycles. The van der Waals surface area contributed by atoms with Crippen LogP contribution in [0.1, 0.15) is 13.3 Å². The van der Waals surface area contributed by atoms with Gasteiger partial charge in [0.05, 0.1) is 18.9 Å². The lowest BCUT2D eigenvalue weighted by Gasteiger charge is -2.27. The fourth-order valence-electron chi connectivity index (χ4n) is 2.45. The van der Waals surface area contributed by atoms with Gasteiger partial charge < -0.3 is 15.4 Å². The number of ether oxygens (including phenoxy) is 1. The standard InChI is InChI=1S/C14H23N3O3S/c1-11(9-12-10-20-8-7-16-12)17-13-5-3-4-6-14(13)21(18,19)15-2/h3-6,11-12,15-17H,7-10H2,1-2H3. The summed E-state index contributed by atoms with van der Waals surface area (Å²) in [4.78, 5) is 0.271. The van der Waals surface area contributed by atoms with Crippen molar-refractivity contribution in [2.24, 2.45) is 0 Å². The Morgan fingerprint density at radius 1 is 1.43 bits per heavy atom. The maximum absolute atomic E-state index is 12.0. The minimum Gasteiger partial charge on any atom is -0.381 e. The van der Waals surface area contributed by atoms with Crippen molar-refractivity contribution in [3.8, 4) is 0 Å². The molecule has 0 aromatic heterocycles. The predicted octanol–water partition coefficient (Wildman–Crippen LogP) is 0.774. The molecular formula is C14H23N3O3S. The van der Waals surface area contributed by atoms with Gasteiger partial charge in [0.25, 0.3) is 0 Å². The number of hydrogen-bond acceptors (Lipinski definition) is 5. The number of hydrogen-bond donors (Lipinski definition) is 3. The van der Waals surface area contributed by atoms with Crippen LogP contribution in [-0.2, 0) is 14.8 Å². The van der Waals surface area contributed by atoms with Crippen LogP contribution in [0.4, 0.5) is 5.69 Å². The molecule has 1 aromatic carbocycles. The second-order valence-electron chi connectivity index (χ2n) is 5.21. The van der Waals surface area contributed by atoms with Crippen molar-refractivity contribution in [3.05, 3.63) is 24.3 Å². The van der Waals surface area contributed by atoms with E-state index in [1.54, 1.807) is 18.2 Å². The average molecular weight is 313 g/mol. The smallest absolute Gasteiger partial charge is 0.242 e. The fourth-order valence-corrected chi connectivity index (χ4v) is 3.35. The monoisotopic (exact) mass is 313 g/mol. The largest absolute Gasteiger partial charge is 0.381 e. The highest BCUT2D eigenvalue weighted by Crippen LogP contribution is 2.22. The van der Waals surface area contributed by atoms with Gasteiger partial charge in [-0.15, -0.1) is 0 Å². The van der Waals surface area contributed by atoms with Gasteiger partial charge in [-0.2, -0.15) is 0 Å². The van der Waals surface area contributed by atoms with E-state index < -0.39 is 10.0 Å². The first-order valence-corrected chi connectivity index (χ1v) is 8.61. The molecule has 1 aliphatic heterocycles. The number of morpholine rings is 1. The Morgan fingerprint density at radius 3 is 2.86 bits per heavy atom. The molecule has 2 rings (SSSR count). The highest BCUT2D eigenvalue weighted by molar-refractivity contribution is 7.89. The number of rotatable bonds is 6. The Bertz CT molecular complexity index is 556. The summed E-state index contributed by atoms with van der Waals surface area (Å²) in [7, 11) is -2.04. The summed E-state index contributed by atoms with van der Waals surface area (Å²) in [6.45, 7) is 4.35. The van der Waals surface area contributed by atoms with Gasteiger partial charge in [0.1, 0.15) is 4.90 Å². The van der Waals surface area contributed by atoms with Crippen LogP contribution in [0.2, 0.25) is 0 Å². The van der Waals surface area contributed by atoms with E-state index in [1.165, 1.54) is 7.05 Å². The number of sulfonamides is 1. The van der Waals surface area contributed by atoms with E-state index in [4.69, 9.17) is 4.74 Å². The lowest BCUT2D eigenvalue weighted by atomic mass is 10.1. The molecule has 2 atom stereocenters. The first-order chi connectivity index (χ1) is 10.0. The number of para-hydroxylation sites is 1. The molecule has 0 aliphatic carbocycles. The second-order valence-corrected chi connectivity index (χ2v) is 7.07. The Morgan fingerprint density at radius 2 is 2.19 bits per heavy atom. The third kappa shape index (κ3) is 4.41. The van der Waals surface area contributed by atoms with Crippen molar-refractivity contribution < 1.29 is 13.2 Å². The molecule has 1 fully saturated rings. The molecule has 21 heavy (non-hydrogen) atoms. The lowest BCUT2D eigenvalue weighted by molar-refractivity contribution is 0.0731. The summed E-state index contributed by atoms with van der Waals surface area (Å²) in [6.07, 6.45) is 0.869. The number of anilines is 1. The van der Waals surface area contributed by atoms with Crippen LogP contribution in [0, 0.1) is 0 Å². The van der Waals surface area contributed by atoms with Gasteiger partial charge in [-0.05, 0) is 32.5 Å². The highest BCUT2D eigenvalue weighted by atomic mass is 32.2. The van der Waals surface area contributed by atoms with Crippen molar-refractivity contribution >= 4 is 15.7 Å². The molecule has 1 aliphatic rings. The van der Waals surface area contributed by atoms with Gasteiger partial charge in [-0.3, -0.25) is 0 Å². The number of nitrogens with one attached hydrogen (secondary N) is 3. The van der Waals surface area contributed by atoms with E-state index in [0.717, 1.165) is 19.6 Å². The molecule has 0 bridgehead atoms. The van der Waals surface area contributed by atoms with E-state index >= 15 is 0 Å². The van der Waals surface area contributed by atoms with Crippen LogP contribution in [0.15, 0.2) is 29.2 Å². The van der Waals surface area contributed by atoms with E-state index in [1.807, 2.05) is 13.0 Å². The second kappa shape index (κ2) is 7.22. The van der Waals surface area contributed by atoms with Crippen molar-refractivity contribution in [3.63, 3.8) is 0 Å². The van der Waals surface area contributed by atoms with Crippen LogP contribution >= 0.6 is 0 Å². The lowest BCUT2D eigenvalue weighted by Crippen LogP contribution is -2.43. The molecule has 0 spiro atoms. The third-order valence-corrected chi connectivity index (χ3v) is 4.96. The van der Waals surface area contributed by atoms with Crippen molar-refractivity contribution in [1.29, 1.82) is 0 Å². The van der Waals surface area contributed by atoms with E-state index in [0.29, 0.717) is 18.3 Å². The average Bonchev–Trinajstić information content (AvgIpc) is 2.48. The third-order valence-electron chi connectivity index (χ3n) is 3.48. The van der Waals surface area contributed by atoms with Crippen molar-refractivity contribution in [1.82, 2.24) is 10.0 Å². The van der Waals surface area contributed by atoms with E-state index in [9.17, 15) is 8.42 Å². The summed E-state index contributed by atoms with van der Waals surface area (Å²) >= 11 is 0. The molecule has 6 nitrogen and oxygen atoms in total. The van der Waals surface area contributed by atoms with E-state index in [-0.39, 0.29) is 10.9 Å². The van der Waals surface area contributed by atoms with Crippen LogP contribution < -0.4 is 15.4 Å². The quantitative estimate of drug-likeness (QED) is 0.723. The summed E-state index contributed by atoms with van der Waals surface area (Å²) < 4.78 is 31.8. The van der Waals surface area contributed by atoms with Gasteiger partial charge in [-0.25, -0.2) is 13.1 Å². The molecule has 2 unspecified atom stereocenters. The number of benzene rings is 1. The fraction of sp³-hybridized carbons (Fsp3) is 0.571. The molecular weight excluding hydrogens is 290 g/mol. The maximum Gasteiger partial charge on any atom is 0.242 e. The highest BCUT2D eigenvalue weighted by Gasteiger charge is 2.19. The van der Waals surface area contributed by atoms with Crippen molar-refractivity contribution in [2.45, 2.75) is 30.3 Å². The Hall–Kier alpha value is -1.15. The predicted molar refractivity (Wildman–Crippen MR) is 83.0 cm³/mol. The summed E-state index contributed by atoms with van der Waals surface area (Å²) in [6, 6.07) is 7.36. The van der Waals surface area contributed by atoms with Gasteiger partial charge in [0.2, 0.25) is 10.0 Å². The zero-order valence-electron chi connectivity index (χ0n) is 12.4. The van der Waals surface area contributed by atoms with Gasteiger partial charge >= 0.3 is 0 Å². The molecule has 0 amide bonds. The zero-order chi connectivity index (χ0) is 15.3. The van der Waals surface area contributed by atoms with Crippen LogP contribution in [0.5, 0.6) is 0 Å². The van der Waals surface area contributed by atoms with Crippen molar-refractivity contribution in [2.75, 3.05) is 32.1 Å². The molecule has 0 saturated carbocycles. The first kappa shape index (κ1) is 16.2. The molecule has 0 radical (unpaired) electrons. The molecule has 118 valence electrons. The van der Waals surface area contributed by atoms with Gasteiger partial charge in [0.15, 0.2) is 0 Å². The zero-order valence-corrected chi connectivity index (χ0v) is 13.2. The topological polar surface area (TPSA) is 79.5 Å². The molecule has 1 aromatic rings. The summed E-state index contributed by atoms with van der Waals surface area (Å²) in [5.74, 6) is 0. The molecule has 7 heteroatoms. The SMILES string of the molecule is CNS(=O)(=O)c1ccccc1NC(C)CC1COCCN1. The summed E-state index contributed by atoms with van der Waals surface area (Å²) in [5.41, 5.74) is 0.621. The molecule has 1 heterocycles. The Labute approximate surface area is 126 Å². The van der Waals surface area contributed by atoms with Gasteiger partial charge in [0, 0.05) is 18.6 Å². The van der Waals surface area contributed by atoms with E-state index in [2.05, 4.69) is 15.4 Å².